The fraction of sp³-hybridized carbons (Fsp3) is 0.357. The maximum Gasteiger partial charge on any atom is 0.416 e. The van der Waals surface area contributed by atoms with E-state index in [0.717, 1.165) is 17.8 Å². The van der Waals surface area contributed by atoms with Crippen molar-refractivity contribution in [1.29, 1.82) is 0 Å². The Kier molecular flexibility index (Phi) is 3.52. The number of nitrogens with zero attached hydrogens (tertiary/aromatic N) is 1. The Morgan fingerprint density at radius 3 is 2.80 bits per heavy atom. The van der Waals surface area contributed by atoms with E-state index in [2.05, 4.69) is 10.3 Å². The molecular weight excluding hydrogens is 285 g/mol. The van der Waals surface area contributed by atoms with Crippen LogP contribution in [-0.4, -0.2) is 11.0 Å². The SMILES string of the molecule is FC(F)(F)c1cccc(-c2nc(CNC3CC3)cs2)c1. The van der Waals surface area contributed by atoms with Gasteiger partial charge in [0, 0.05) is 23.5 Å². The van der Waals surface area contributed by atoms with Crippen molar-refractivity contribution in [2.45, 2.75) is 31.6 Å². The van der Waals surface area contributed by atoms with Crippen LogP contribution in [0.1, 0.15) is 24.1 Å². The van der Waals surface area contributed by atoms with E-state index in [0.29, 0.717) is 23.2 Å². The number of benzene rings is 1. The molecule has 0 atom stereocenters. The summed E-state index contributed by atoms with van der Waals surface area (Å²) in [5, 5.41) is 5.86. The van der Waals surface area contributed by atoms with Crippen LogP contribution in [0.15, 0.2) is 29.6 Å². The van der Waals surface area contributed by atoms with E-state index in [-0.39, 0.29) is 0 Å². The van der Waals surface area contributed by atoms with Crippen LogP contribution in [0.5, 0.6) is 0 Å². The van der Waals surface area contributed by atoms with Crippen molar-refractivity contribution < 1.29 is 13.2 Å². The van der Waals surface area contributed by atoms with E-state index in [9.17, 15) is 13.2 Å². The van der Waals surface area contributed by atoms with E-state index in [1.165, 1.54) is 30.2 Å². The van der Waals surface area contributed by atoms with Gasteiger partial charge in [-0.1, -0.05) is 12.1 Å². The van der Waals surface area contributed by atoms with E-state index >= 15 is 0 Å². The minimum atomic E-state index is -4.32. The summed E-state index contributed by atoms with van der Waals surface area (Å²) in [6.07, 6.45) is -1.92. The quantitative estimate of drug-likeness (QED) is 0.920. The molecule has 0 radical (unpaired) electrons. The van der Waals surface area contributed by atoms with Crippen molar-refractivity contribution in [2.24, 2.45) is 0 Å². The van der Waals surface area contributed by atoms with Gasteiger partial charge in [0.25, 0.3) is 0 Å². The van der Waals surface area contributed by atoms with Crippen LogP contribution >= 0.6 is 11.3 Å². The Labute approximate surface area is 118 Å². The lowest BCUT2D eigenvalue weighted by Crippen LogP contribution is -2.15. The minimum Gasteiger partial charge on any atom is -0.308 e. The summed E-state index contributed by atoms with van der Waals surface area (Å²) in [6, 6.07) is 5.89. The van der Waals surface area contributed by atoms with Crippen molar-refractivity contribution in [3.05, 3.63) is 40.9 Å². The summed E-state index contributed by atoms with van der Waals surface area (Å²) >= 11 is 1.38. The number of hydrogen-bond acceptors (Lipinski definition) is 3. The third-order valence-electron chi connectivity index (χ3n) is 3.14. The zero-order valence-corrected chi connectivity index (χ0v) is 11.4. The lowest BCUT2D eigenvalue weighted by atomic mass is 10.1. The van der Waals surface area contributed by atoms with Crippen molar-refractivity contribution >= 4 is 11.3 Å². The first-order chi connectivity index (χ1) is 9.52. The van der Waals surface area contributed by atoms with Crippen molar-refractivity contribution in [3.63, 3.8) is 0 Å². The van der Waals surface area contributed by atoms with Gasteiger partial charge in [-0.05, 0) is 25.0 Å². The zero-order chi connectivity index (χ0) is 14.2. The highest BCUT2D eigenvalue weighted by molar-refractivity contribution is 7.13. The molecule has 1 saturated carbocycles. The second-order valence-corrected chi connectivity index (χ2v) is 5.74. The number of nitrogens with one attached hydrogen (secondary N) is 1. The van der Waals surface area contributed by atoms with Crippen LogP contribution in [0, 0.1) is 0 Å². The lowest BCUT2D eigenvalue weighted by Gasteiger charge is -2.07. The van der Waals surface area contributed by atoms with Crippen molar-refractivity contribution in [3.8, 4) is 10.6 Å². The third-order valence-corrected chi connectivity index (χ3v) is 4.08. The van der Waals surface area contributed by atoms with Crippen LogP contribution in [0.3, 0.4) is 0 Å². The molecule has 0 spiro atoms. The predicted molar refractivity (Wildman–Crippen MR) is 72.4 cm³/mol. The molecule has 1 aromatic carbocycles. The first-order valence-electron chi connectivity index (χ1n) is 6.38. The molecule has 0 saturated heterocycles. The molecule has 6 heteroatoms. The normalized spacial score (nSPS) is 15.6. The predicted octanol–water partition coefficient (Wildman–Crippen LogP) is 4.08. The summed E-state index contributed by atoms with van der Waals surface area (Å²) in [4.78, 5) is 4.39. The van der Waals surface area contributed by atoms with Crippen LogP contribution in [0.2, 0.25) is 0 Å². The molecule has 1 aromatic heterocycles. The smallest absolute Gasteiger partial charge is 0.308 e. The highest BCUT2D eigenvalue weighted by Crippen LogP contribution is 2.33. The van der Waals surface area contributed by atoms with Crippen LogP contribution in [0.4, 0.5) is 13.2 Å². The third kappa shape index (κ3) is 3.19. The van der Waals surface area contributed by atoms with Gasteiger partial charge in [0.2, 0.25) is 0 Å². The summed E-state index contributed by atoms with van der Waals surface area (Å²) < 4.78 is 38.0. The average molecular weight is 298 g/mol. The van der Waals surface area contributed by atoms with Gasteiger partial charge in [0.05, 0.1) is 11.3 Å². The van der Waals surface area contributed by atoms with E-state index in [4.69, 9.17) is 0 Å². The number of halogens is 3. The number of hydrogen-bond donors (Lipinski definition) is 1. The molecule has 1 heterocycles. The molecule has 0 unspecified atom stereocenters. The second kappa shape index (κ2) is 5.18. The van der Waals surface area contributed by atoms with Gasteiger partial charge in [-0.2, -0.15) is 13.2 Å². The van der Waals surface area contributed by atoms with Gasteiger partial charge in [-0.25, -0.2) is 4.98 Å². The monoisotopic (exact) mass is 298 g/mol. The molecule has 0 aliphatic heterocycles. The standard InChI is InChI=1S/C14H13F3N2S/c15-14(16,17)10-3-1-2-9(6-10)13-19-12(8-20-13)7-18-11-4-5-11/h1-3,6,8,11,18H,4-5,7H2. The van der Waals surface area contributed by atoms with E-state index in [1.807, 2.05) is 5.38 Å². The summed E-state index contributed by atoms with van der Waals surface area (Å²) in [6.45, 7) is 0.681. The molecule has 20 heavy (non-hydrogen) atoms. The van der Waals surface area contributed by atoms with Gasteiger partial charge >= 0.3 is 6.18 Å². The number of alkyl halides is 3. The maximum atomic E-state index is 12.7. The molecule has 2 aromatic rings. The second-order valence-electron chi connectivity index (χ2n) is 4.88. The highest BCUT2D eigenvalue weighted by atomic mass is 32.1. The van der Waals surface area contributed by atoms with Gasteiger partial charge in [0.15, 0.2) is 0 Å². The first-order valence-corrected chi connectivity index (χ1v) is 7.26. The average Bonchev–Trinajstić information content (AvgIpc) is 3.12. The Hall–Kier alpha value is -1.40. The molecular formula is C14H13F3N2S. The van der Waals surface area contributed by atoms with Gasteiger partial charge < -0.3 is 5.32 Å². The van der Waals surface area contributed by atoms with Gasteiger partial charge in [0.1, 0.15) is 5.01 Å². The maximum absolute atomic E-state index is 12.7. The molecule has 1 aliphatic carbocycles. The summed E-state index contributed by atoms with van der Waals surface area (Å²) in [7, 11) is 0. The summed E-state index contributed by atoms with van der Waals surface area (Å²) in [5.74, 6) is 0. The Balaban J connectivity index is 1.78. The highest BCUT2D eigenvalue weighted by Gasteiger charge is 2.30. The number of rotatable bonds is 4. The lowest BCUT2D eigenvalue weighted by molar-refractivity contribution is -0.137. The topological polar surface area (TPSA) is 24.9 Å². The number of aromatic nitrogens is 1. The van der Waals surface area contributed by atoms with Crippen molar-refractivity contribution in [1.82, 2.24) is 10.3 Å². The van der Waals surface area contributed by atoms with Gasteiger partial charge in [-0.3, -0.25) is 0 Å². The first kappa shape index (κ1) is 13.6. The van der Waals surface area contributed by atoms with Crippen LogP contribution in [0.25, 0.3) is 10.6 Å². The van der Waals surface area contributed by atoms with Crippen LogP contribution in [-0.2, 0) is 12.7 Å². The summed E-state index contributed by atoms with van der Waals surface area (Å²) in [5.41, 5.74) is 0.764. The van der Waals surface area contributed by atoms with E-state index in [1.54, 1.807) is 6.07 Å². The molecule has 3 rings (SSSR count). The van der Waals surface area contributed by atoms with Crippen molar-refractivity contribution in [2.75, 3.05) is 0 Å². The minimum absolute atomic E-state index is 0.516. The molecule has 1 N–H and O–H groups in total. The fourth-order valence-corrected chi connectivity index (χ4v) is 2.70. The fourth-order valence-electron chi connectivity index (χ4n) is 1.89. The number of thiazole rings is 1. The van der Waals surface area contributed by atoms with Gasteiger partial charge in [-0.15, -0.1) is 11.3 Å². The zero-order valence-electron chi connectivity index (χ0n) is 10.6. The molecule has 106 valence electrons. The Morgan fingerprint density at radius 2 is 2.10 bits per heavy atom. The molecule has 2 nitrogen and oxygen atoms in total. The molecule has 1 fully saturated rings. The largest absolute Gasteiger partial charge is 0.416 e. The van der Waals surface area contributed by atoms with E-state index < -0.39 is 11.7 Å². The Morgan fingerprint density at radius 1 is 1.30 bits per heavy atom. The molecule has 0 bridgehead atoms. The Bertz CT molecular complexity index is 602. The molecule has 1 aliphatic rings. The van der Waals surface area contributed by atoms with Crippen LogP contribution < -0.4 is 5.32 Å². The molecule has 0 amide bonds.